The van der Waals surface area contributed by atoms with E-state index in [1.165, 1.54) is 24.6 Å². The van der Waals surface area contributed by atoms with Gasteiger partial charge in [0.2, 0.25) is 0 Å². The van der Waals surface area contributed by atoms with Crippen molar-refractivity contribution in [3.05, 3.63) is 69.9 Å². The van der Waals surface area contributed by atoms with E-state index < -0.39 is 0 Å². The monoisotopic (exact) mass is 419 g/mol. The summed E-state index contributed by atoms with van der Waals surface area (Å²) in [5.41, 5.74) is 2.34. The molecule has 152 valence electrons. The van der Waals surface area contributed by atoms with E-state index in [-0.39, 0.29) is 11.7 Å². The minimum Gasteiger partial charge on any atom is -0.294 e. The van der Waals surface area contributed by atoms with E-state index in [9.17, 15) is 4.79 Å². The summed E-state index contributed by atoms with van der Waals surface area (Å²) in [5.74, 6) is 2.64. The van der Waals surface area contributed by atoms with Crippen molar-refractivity contribution in [2.75, 3.05) is 0 Å². The summed E-state index contributed by atoms with van der Waals surface area (Å²) in [5, 5.41) is 14.0. The average Bonchev–Trinajstić information content (AvgIpc) is 3.53. The van der Waals surface area contributed by atoms with Crippen molar-refractivity contribution < 1.29 is 4.79 Å². The molecular formula is C23H22ClN5O. The summed E-state index contributed by atoms with van der Waals surface area (Å²) >= 11 is 6.24. The molecule has 0 aliphatic heterocycles. The first-order valence-electron chi connectivity index (χ1n) is 10.1. The van der Waals surface area contributed by atoms with Crippen LogP contribution < -0.4 is 0 Å². The fourth-order valence-electron chi connectivity index (χ4n) is 3.54. The van der Waals surface area contributed by atoms with Gasteiger partial charge in [0.1, 0.15) is 17.7 Å². The van der Waals surface area contributed by atoms with Gasteiger partial charge in [-0.2, -0.15) is 9.94 Å². The van der Waals surface area contributed by atoms with Crippen molar-refractivity contribution in [1.82, 2.24) is 19.7 Å². The van der Waals surface area contributed by atoms with Crippen molar-refractivity contribution in [3.8, 4) is 11.9 Å². The van der Waals surface area contributed by atoms with E-state index in [2.05, 4.69) is 21.1 Å². The number of carbonyl (C=O) groups excluding carboxylic acids is 1. The third kappa shape index (κ3) is 4.42. The molecule has 2 aromatic heterocycles. The Kier molecular flexibility index (Phi) is 5.65. The topological polar surface area (TPSA) is 84.5 Å². The van der Waals surface area contributed by atoms with Crippen LogP contribution in [-0.4, -0.2) is 25.5 Å². The summed E-state index contributed by atoms with van der Waals surface area (Å²) in [6.45, 7) is 3.86. The molecule has 1 aliphatic carbocycles. The molecule has 30 heavy (non-hydrogen) atoms. The van der Waals surface area contributed by atoms with Gasteiger partial charge in [-0.15, -0.1) is 5.10 Å². The molecule has 1 aliphatic rings. The minimum absolute atomic E-state index is 0.00896. The van der Waals surface area contributed by atoms with Gasteiger partial charge < -0.3 is 0 Å². The lowest BCUT2D eigenvalue weighted by atomic mass is 9.97. The number of benzene rings is 1. The zero-order valence-electron chi connectivity index (χ0n) is 17.0. The Morgan fingerprint density at radius 2 is 2.13 bits per heavy atom. The zero-order valence-corrected chi connectivity index (χ0v) is 17.7. The molecule has 1 fully saturated rings. The number of rotatable bonds is 7. The van der Waals surface area contributed by atoms with Crippen LogP contribution in [0.15, 0.2) is 36.5 Å². The van der Waals surface area contributed by atoms with Gasteiger partial charge in [0.05, 0.1) is 5.56 Å². The van der Waals surface area contributed by atoms with Crippen LogP contribution in [0.4, 0.5) is 0 Å². The number of hydrogen-bond donors (Lipinski definition) is 0. The summed E-state index contributed by atoms with van der Waals surface area (Å²) in [7, 11) is 0. The molecule has 1 atom stereocenters. The molecule has 2 heterocycles. The second-order valence-corrected chi connectivity index (χ2v) is 8.29. The third-order valence-electron chi connectivity index (χ3n) is 5.37. The van der Waals surface area contributed by atoms with Crippen molar-refractivity contribution >= 4 is 17.4 Å². The summed E-state index contributed by atoms with van der Waals surface area (Å²) in [4.78, 5) is 21.7. The van der Waals surface area contributed by atoms with Gasteiger partial charge in [-0.1, -0.05) is 18.5 Å². The number of nitrogens with zero attached hydrogens (tertiary/aromatic N) is 5. The molecule has 4 rings (SSSR count). The minimum atomic E-state index is 0.00896. The van der Waals surface area contributed by atoms with Gasteiger partial charge >= 0.3 is 0 Å². The van der Waals surface area contributed by atoms with Gasteiger partial charge in [0.15, 0.2) is 11.6 Å². The standard InChI is InChI=1S/C23H22ClN5O/c1-14(3-7-21(30)19-9-18(17-5-6-17)10-20(24)11-19)23-27-15(2)28-29(23)22-8-4-16(12-25)13-26-22/h4,8-11,13-14,17H,3,5-7H2,1-2H3. The lowest BCUT2D eigenvalue weighted by Crippen LogP contribution is -2.10. The Labute approximate surface area is 180 Å². The molecule has 1 saturated carbocycles. The van der Waals surface area contributed by atoms with Gasteiger partial charge in [0, 0.05) is 29.1 Å². The number of Topliss-reactive ketones (excluding diaryl/α,β-unsaturated/α-hetero) is 1. The molecule has 0 radical (unpaired) electrons. The maximum absolute atomic E-state index is 12.8. The number of carbonyl (C=O) groups is 1. The molecule has 1 aromatic carbocycles. The highest BCUT2D eigenvalue weighted by Gasteiger charge is 2.25. The molecule has 6 nitrogen and oxygen atoms in total. The van der Waals surface area contributed by atoms with E-state index >= 15 is 0 Å². The number of nitriles is 1. The third-order valence-corrected chi connectivity index (χ3v) is 5.59. The lowest BCUT2D eigenvalue weighted by molar-refractivity contribution is 0.0977. The number of halogens is 1. The highest BCUT2D eigenvalue weighted by molar-refractivity contribution is 6.31. The lowest BCUT2D eigenvalue weighted by Gasteiger charge is -2.12. The first-order chi connectivity index (χ1) is 14.4. The average molecular weight is 420 g/mol. The van der Waals surface area contributed by atoms with Crippen LogP contribution in [0.3, 0.4) is 0 Å². The van der Waals surface area contributed by atoms with Crippen molar-refractivity contribution in [2.24, 2.45) is 0 Å². The fraction of sp³-hybridized carbons (Fsp3) is 0.348. The van der Waals surface area contributed by atoms with Gasteiger partial charge in [-0.05, 0) is 68.0 Å². The molecule has 0 bridgehead atoms. The van der Waals surface area contributed by atoms with E-state index in [4.69, 9.17) is 16.9 Å². The number of aryl methyl sites for hydroxylation is 1. The smallest absolute Gasteiger partial charge is 0.162 e. The Balaban J connectivity index is 1.48. The van der Waals surface area contributed by atoms with Gasteiger partial charge in [-0.3, -0.25) is 4.79 Å². The summed E-state index contributed by atoms with van der Waals surface area (Å²) in [6.07, 6.45) is 4.89. The van der Waals surface area contributed by atoms with Crippen molar-refractivity contribution in [3.63, 3.8) is 0 Å². The second-order valence-electron chi connectivity index (χ2n) is 7.86. The summed E-state index contributed by atoms with van der Waals surface area (Å²) < 4.78 is 1.69. The highest BCUT2D eigenvalue weighted by atomic mass is 35.5. The first-order valence-corrected chi connectivity index (χ1v) is 10.5. The molecule has 0 saturated heterocycles. The van der Waals surface area contributed by atoms with Crippen LogP contribution in [0.1, 0.15) is 77.6 Å². The normalized spacial score (nSPS) is 14.3. The predicted octanol–water partition coefficient (Wildman–Crippen LogP) is 5.14. The van der Waals surface area contributed by atoms with Gasteiger partial charge in [-0.25, -0.2) is 9.97 Å². The fourth-order valence-corrected chi connectivity index (χ4v) is 3.79. The maximum atomic E-state index is 12.8. The molecular weight excluding hydrogens is 398 g/mol. The van der Waals surface area contributed by atoms with E-state index in [0.717, 1.165) is 5.82 Å². The Bertz CT molecular complexity index is 1130. The van der Waals surface area contributed by atoms with Crippen LogP contribution in [0, 0.1) is 18.3 Å². The second kappa shape index (κ2) is 8.37. The summed E-state index contributed by atoms with van der Waals surface area (Å²) in [6, 6.07) is 11.2. The Morgan fingerprint density at radius 3 is 2.80 bits per heavy atom. The molecule has 0 N–H and O–H groups in total. The maximum Gasteiger partial charge on any atom is 0.162 e. The van der Waals surface area contributed by atoms with Gasteiger partial charge in [0.25, 0.3) is 0 Å². The quantitative estimate of drug-likeness (QED) is 0.495. The molecule has 7 heteroatoms. The zero-order chi connectivity index (χ0) is 21.3. The highest BCUT2D eigenvalue weighted by Crippen LogP contribution is 2.41. The van der Waals surface area contributed by atoms with E-state index in [1.54, 1.807) is 22.9 Å². The predicted molar refractivity (Wildman–Crippen MR) is 114 cm³/mol. The molecule has 0 spiro atoms. The SMILES string of the molecule is Cc1nc(C(C)CCC(=O)c2cc(Cl)cc(C3CC3)c2)n(-c2ccc(C#N)cn2)n1. The molecule has 0 amide bonds. The largest absolute Gasteiger partial charge is 0.294 e. The number of aromatic nitrogens is 4. The van der Waals surface area contributed by atoms with Crippen LogP contribution in [0.5, 0.6) is 0 Å². The number of pyridine rings is 1. The Hall–Kier alpha value is -3.04. The van der Waals surface area contributed by atoms with Crippen LogP contribution in [0.25, 0.3) is 5.82 Å². The van der Waals surface area contributed by atoms with E-state index in [1.807, 2.05) is 26.0 Å². The molecule has 1 unspecified atom stereocenters. The van der Waals surface area contributed by atoms with Crippen LogP contribution >= 0.6 is 11.6 Å². The van der Waals surface area contributed by atoms with Crippen LogP contribution in [-0.2, 0) is 0 Å². The Morgan fingerprint density at radius 1 is 1.33 bits per heavy atom. The van der Waals surface area contributed by atoms with Crippen molar-refractivity contribution in [2.45, 2.75) is 51.4 Å². The number of hydrogen-bond acceptors (Lipinski definition) is 5. The first kappa shape index (κ1) is 20.2. The number of ketones is 1. The molecule has 3 aromatic rings. The van der Waals surface area contributed by atoms with Crippen molar-refractivity contribution in [1.29, 1.82) is 5.26 Å². The van der Waals surface area contributed by atoms with E-state index in [0.29, 0.717) is 46.6 Å². The van der Waals surface area contributed by atoms with Crippen LogP contribution in [0.2, 0.25) is 5.02 Å².